The minimum Gasteiger partial charge on any atom is -0.507 e. The number of rotatable bonds is 3. The zero-order valence-corrected chi connectivity index (χ0v) is 10.8. The van der Waals surface area contributed by atoms with Crippen molar-refractivity contribution in [3.05, 3.63) is 27.3 Å². The number of phenolic OH excluding ortho intramolecular Hbond substituents is 1. The number of hydrogen-bond acceptors (Lipinski definition) is 3. The minimum atomic E-state index is -0.210. The molecule has 0 saturated carbocycles. The maximum Gasteiger partial charge on any atom is 0.308 e. The summed E-state index contributed by atoms with van der Waals surface area (Å²) in [5.74, 6) is -0.0986. The van der Waals surface area contributed by atoms with Gasteiger partial charge in [-0.05, 0) is 46.7 Å². The second-order valence-electron chi connectivity index (χ2n) is 3.41. The van der Waals surface area contributed by atoms with E-state index in [-0.39, 0.29) is 17.6 Å². The van der Waals surface area contributed by atoms with Crippen molar-refractivity contribution in [2.24, 2.45) is 5.92 Å². The van der Waals surface area contributed by atoms with E-state index in [1.54, 1.807) is 6.07 Å². The molecule has 1 rings (SSSR count). The molecule has 4 heteroatoms. The van der Waals surface area contributed by atoms with Crippen molar-refractivity contribution in [2.75, 3.05) is 7.11 Å². The number of benzene rings is 1. The summed E-state index contributed by atoms with van der Waals surface area (Å²) in [6.07, 6.45) is 0.628. The van der Waals surface area contributed by atoms with Crippen molar-refractivity contribution in [2.45, 2.75) is 13.3 Å². The largest absolute Gasteiger partial charge is 0.507 e. The Hall–Kier alpha value is -0.780. The Morgan fingerprint density at radius 3 is 2.80 bits per heavy atom. The van der Waals surface area contributed by atoms with Crippen LogP contribution in [0, 0.1) is 9.49 Å². The summed E-state index contributed by atoms with van der Waals surface area (Å²) in [4.78, 5) is 11.2. The van der Waals surface area contributed by atoms with Crippen LogP contribution in [0.4, 0.5) is 0 Å². The van der Waals surface area contributed by atoms with Gasteiger partial charge >= 0.3 is 5.97 Å². The number of halogens is 1. The summed E-state index contributed by atoms with van der Waals surface area (Å²) in [7, 11) is 1.39. The van der Waals surface area contributed by atoms with Gasteiger partial charge in [0.2, 0.25) is 0 Å². The van der Waals surface area contributed by atoms with E-state index in [1.165, 1.54) is 7.11 Å². The molecule has 0 bridgehead atoms. The Kier molecular flexibility index (Phi) is 4.38. The zero-order valence-electron chi connectivity index (χ0n) is 8.66. The number of hydrogen-bond donors (Lipinski definition) is 1. The molecule has 0 aliphatic rings. The van der Waals surface area contributed by atoms with Crippen molar-refractivity contribution >= 4 is 28.6 Å². The second kappa shape index (κ2) is 5.34. The molecular formula is C11H13IO3. The SMILES string of the molecule is COC(=O)C(C)Cc1ccc(O)c(I)c1. The van der Waals surface area contributed by atoms with E-state index in [2.05, 4.69) is 27.3 Å². The van der Waals surface area contributed by atoms with Crippen LogP contribution in [0.2, 0.25) is 0 Å². The third-order valence-corrected chi connectivity index (χ3v) is 3.02. The van der Waals surface area contributed by atoms with Crippen LogP contribution < -0.4 is 0 Å². The monoisotopic (exact) mass is 320 g/mol. The van der Waals surface area contributed by atoms with Crippen LogP contribution >= 0.6 is 22.6 Å². The Balaban J connectivity index is 2.73. The number of carbonyl (C=O) groups is 1. The highest BCUT2D eigenvalue weighted by Gasteiger charge is 2.14. The third-order valence-electron chi connectivity index (χ3n) is 2.16. The molecule has 0 fully saturated rings. The zero-order chi connectivity index (χ0) is 11.4. The summed E-state index contributed by atoms with van der Waals surface area (Å²) in [5.41, 5.74) is 1.02. The lowest BCUT2D eigenvalue weighted by molar-refractivity contribution is -0.144. The number of aromatic hydroxyl groups is 1. The fourth-order valence-electron chi connectivity index (χ4n) is 1.32. The molecular weight excluding hydrogens is 307 g/mol. The van der Waals surface area contributed by atoms with Crippen molar-refractivity contribution in [1.29, 1.82) is 0 Å². The van der Waals surface area contributed by atoms with Crippen LogP contribution in [0.15, 0.2) is 18.2 Å². The molecule has 15 heavy (non-hydrogen) atoms. The summed E-state index contributed by atoms with van der Waals surface area (Å²) in [6.45, 7) is 1.82. The molecule has 0 aliphatic carbocycles. The highest BCUT2D eigenvalue weighted by Crippen LogP contribution is 2.21. The maximum absolute atomic E-state index is 11.2. The molecule has 0 radical (unpaired) electrons. The Morgan fingerprint density at radius 1 is 1.60 bits per heavy atom. The van der Waals surface area contributed by atoms with E-state index < -0.39 is 0 Å². The molecule has 0 spiro atoms. The molecule has 82 valence electrons. The fourth-order valence-corrected chi connectivity index (χ4v) is 1.90. The van der Waals surface area contributed by atoms with E-state index in [4.69, 9.17) is 0 Å². The van der Waals surface area contributed by atoms with Crippen molar-refractivity contribution in [3.8, 4) is 5.75 Å². The van der Waals surface area contributed by atoms with Gasteiger partial charge in [0.05, 0.1) is 16.6 Å². The fraction of sp³-hybridized carbons (Fsp3) is 0.364. The summed E-state index contributed by atoms with van der Waals surface area (Å²) >= 11 is 2.06. The molecule has 1 aromatic rings. The van der Waals surface area contributed by atoms with Crippen LogP contribution in [0.25, 0.3) is 0 Å². The highest BCUT2D eigenvalue weighted by atomic mass is 127. The van der Waals surface area contributed by atoms with Gasteiger partial charge in [-0.2, -0.15) is 0 Å². The van der Waals surface area contributed by atoms with Crippen LogP contribution in [-0.2, 0) is 16.0 Å². The van der Waals surface area contributed by atoms with Gasteiger partial charge in [0.15, 0.2) is 0 Å². The van der Waals surface area contributed by atoms with E-state index in [0.717, 1.165) is 9.13 Å². The van der Waals surface area contributed by atoms with Crippen LogP contribution in [0.5, 0.6) is 5.75 Å². The van der Waals surface area contributed by atoms with Crippen LogP contribution in [-0.4, -0.2) is 18.2 Å². The predicted octanol–water partition coefficient (Wildman–Crippen LogP) is 2.35. The quantitative estimate of drug-likeness (QED) is 0.687. The maximum atomic E-state index is 11.2. The normalized spacial score (nSPS) is 12.2. The van der Waals surface area contributed by atoms with Crippen molar-refractivity contribution < 1.29 is 14.6 Å². The van der Waals surface area contributed by atoms with Gasteiger partial charge in [-0.3, -0.25) is 4.79 Å². The topological polar surface area (TPSA) is 46.5 Å². The van der Waals surface area contributed by atoms with Crippen LogP contribution in [0.1, 0.15) is 12.5 Å². The first kappa shape index (κ1) is 12.3. The Labute approximate surface area is 103 Å². The number of esters is 1. The lowest BCUT2D eigenvalue weighted by atomic mass is 10.0. The van der Waals surface area contributed by atoms with Gasteiger partial charge in [0, 0.05) is 0 Å². The smallest absolute Gasteiger partial charge is 0.308 e. The van der Waals surface area contributed by atoms with Crippen LogP contribution in [0.3, 0.4) is 0 Å². The Morgan fingerprint density at radius 2 is 2.27 bits per heavy atom. The van der Waals surface area contributed by atoms with E-state index >= 15 is 0 Å². The molecule has 1 N–H and O–H groups in total. The summed E-state index contributed by atoms with van der Waals surface area (Å²) in [6, 6.07) is 5.33. The molecule has 1 aromatic carbocycles. The predicted molar refractivity (Wildman–Crippen MR) is 65.7 cm³/mol. The van der Waals surface area contributed by atoms with Gasteiger partial charge in [-0.25, -0.2) is 0 Å². The van der Waals surface area contributed by atoms with Crippen molar-refractivity contribution in [1.82, 2.24) is 0 Å². The minimum absolute atomic E-state index is 0.157. The Bertz CT molecular complexity index is 363. The number of methoxy groups -OCH3 is 1. The standard InChI is InChI=1S/C11H13IO3/c1-7(11(14)15-2)5-8-3-4-10(13)9(12)6-8/h3-4,6-7,13H,5H2,1-2H3. The number of carbonyl (C=O) groups excluding carboxylic acids is 1. The van der Waals surface area contributed by atoms with E-state index in [0.29, 0.717) is 6.42 Å². The average molecular weight is 320 g/mol. The highest BCUT2D eigenvalue weighted by molar-refractivity contribution is 14.1. The lowest BCUT2D eigenvalue weighted by Crippen LogP contribution is -2.15. The first-order valence-electron chi connectivity index (χ1n) is 4.59. The molecule has 0 aromatic heterocycles. The molecule has 1 unspecified atom stereocenters. The first-order chi connectivity index (χ1) is 7.04. The molecule has 0 heterocycles. The molecule has 1 atom stereocenters. The molecule has 0 amide bonds. The summed E-state index contributed by atoms with van der Waals surface area (Å²) < 4.78 is 5.44. The van der Waals surface area contributed by atoms with Gasteiger partial charge < -0.3 is 9.84 Å². The summed E-state index contributed by atoms with van der Waals surface area (Å²) in [5, 5.41) is 9.33. The lowest BCUT2D eigenvalue weighted by Gasteiger charge is -2.09. The van der Waals surface area contributed by atoms with Gasteiger partial charge in [0.25, 0.3) is 0 Å². The first-order valence-corrected chi connectivity index (χ1v) is 5.67. The van der Waals surface area contributed by atoms with E-state index in [9.17, 15) is 9.90 Å². The van der Waals surface area contributed by atoms with Crippen molar-refractivity contribution in [3.63, 3.8) is 0 Å². The van der Waals surface area contributed by atoms with E-state index in [1.807, 2.05) is 19.1 Å². The molecule has 0 saturated heterocycles. The number of phenols is 1. The van der Waals surface area contributed by atoms with Gasteiger partial charge in [-0.15, -0.1) is 0 Å². The van der Waals surface area contributed by atoms with Gasteiger partial charge in [0.1, 0.15) is 5.75 Å². The number of ether oxygens (including phenoxy) is 1. The molecule has 3 nitrogen and oxygen atoms in total. The van der Waals surface area contributed by atoms with Gasteiger partial charge in [-0.1, -0.05) is 13.0 Å². The average Bonchev–Trinajstić information content (AvgIpc) is 2.22. The molecule has 0 aliphatic heterocycles. The third kappa shape index (κ3) is 3.37. The second-order valence-corrected chi connectivity index (χ2v) is 4.58.